The van der Waals surface area contributed by atoms with Gasteiger partial charge in [0.15, 0.2) is 0 Å². The zero-order valence-electron chi connectivity index (χ0n) is 14.8. The van der Waals surface area contributed by atoms with Gasteiger partial charge >= 0.3 is 0 Å². The normalized spacial score (nSPS) is 17.8. The summed E-state index contributed by atoms with van der Waals surface area (Å²) in [7, 11) is 0. The van der Waals surface area contributed by atoms with Crippen molar-refractivity contribution in [2.24, 2.45) is 0 Å². The van der Waals surface area contributed by atoms with Crippen LogP contribution in [0.2, 0.25) is 0 Å². The topological polar surface area (TPSA) is 41.6 Å². The van der Waals surface area contributed by atoms with E-state index in [4.69, 9.17) is 5.26 Å². The van der Waals surface area contributed by atoms with Gasteiger partial charge in [0, 0.05) is 11.3 Å². The number of imidazole rings is 1. The number of hydrogen-bond donors (Lipinski definition) is 0. The molecule has 3 rings (SSSR count). The summed E-state index contributed by atoms with van der Waals surface area (Å²) >= 11 is 0. The third-order valence-corrected chi connectivity index (χ3v) is 4.96. The lowest BCUT2D eigenvalue weighted by Crippen LogP contribution is -2.18. The average molecular weight is 317 g/mol. The molecule has 0 aliphatic heterocycles. The fourth-order valence-electron chi connectivity index (χ4n) is 4.01. The van der Waals surface area contributed by atoms with E-state index in [2.05, 4.69) is 58.0 Å². The Hall–Kier alpha value is -2.60. The van der Waals surface area contributed by atoms with Crippen molar-refractivity contribution in [2.45, 2.75) is 44.9 Å². The number of benzene rings is 1. The molecule has 122 valence electrons. The van der Waals surface area contributed by atoms with Crippen LogP contribution in [-0.2, 0) is 10.8 Å². The van der Waals surface area contributed by atoms with E-state index in [9.17, 15) is 0 Å². The number of nitriles is 1. The molecule has 2 aromatic rings. The van der Waals surface area contributed by atoms with Gasteiger partial charge in [0.25, 0.3) is 0 Å². The Kier molecular flexibility index (Phi) is 3.53. The molecule has 3 heteroatoms. The minimum Gasteiger partial charge on any atom is -0.299 e. The fraction of sp³-hybridized carbons (Fsp3) is 0.333. The summed E-state index contributed by atoms with van der Waals surface area (Å²) in [6, 6.07) is 6.49. The Morgan fingerprint density at radius 1 is 1.17 bits per heavy atom. The molecular formula is C21H23N3. The van der Waals surface area contributed by atoms with Crippen LogP contribution < -0.4 is 0 Å². The number of aromatic nitrogens is 2. The Morgan fingerprint density at radius 3 is 2.42 bits per heavy atom. The van der Waals surface area contributed by atoms with Crippen molar-refractivity contribution >= 4 is 16.7 Å². The van der Waals surface area contributed by atoms with Crippen molar-refractivity contribution in [3.8, 4) is 6.07 Å². The molecule has 0 N–H and O–H groups in total. The molecule has 0 saturated heterocycles. The fourth-order valence-corrected chi connectivity index (χ4v) is 4.01. The second kappa shape index (κ2) is 5.21. The molecule has 0 saturated carbocycles. The van der Waals surface area contributed by atoms with E-state index >= 15 is 0 Å². The molecule has 0 fully saturated rings. The van der Waals surface area contributed by atoms with E-state index in [1.807, 2.05) is 10.6 Å². The predicted octanol–water partition coefficient (Wildman–Crippen LogP) is 5.10. The van der Waals surface area contributed by atoms with Crippen molar-refractivity contribution in [1.82, 2.24) is 9.55 Å². The minimum atomic E-state index is 0.147. The molecule has 1 aromatic heterocycles. The van der Waals surface area contributed by atoms with Crippen molar-refractivity contribution in [3.63, 3.8) is 0 Å². The van der Waals surface area contributed by atoms with Crippen LogP contribution in [-0.4, -0.2) is 9.55 Å². The van der Waals surface area contributed by atoms with E-state index in [0.29, 0.717) is 5.57 Å². The largest absolute Gasteiger partial charge is 0.299 e. The number of allylic oxidation sites excluding steroid dienone is 4. The molecule has 0 bridgehead atoms. The summed E-state index contributed by atoms with van der Waals surface area (Å²) < 4.78 is 1.97. The number of fused-ring (bicyclic) bond motifs is 2. The van der Waals surface area contributed by atoms with Gasteiger partial charge in [-0.1, -0.05) is 40.9 Å². The highest BCUT2D eigenvalue weighted by atomic mass is 15.0. The van der Waals surface area contributed by atoms with Crippen LogP contribution >= 0.6 is 0 Å². The first kappa shape index (κ1) is 16.3. The van der Waals surface area contributed by atoms with Crippen LogP contribution in [0.1, 0.15) is 45.2 Å². The van der Waals surface area contributed by atoms with Gasteiger partial charge < -0.3 is 0 Å². The van der Waals surface area contributed by atoms with Gasteiger partial charge in [0.1, 0.15) is 6.33 Å². The highest BCUT2D eigenvalue weighted by Crippen LogP contribution is 2.50. The maximum atomic E-state index is 8.81. The molecule has 1 aromatic carbocycles. The maximum Gasteiger partial charge on any atom is 0.100 e. The van der Waals surface area contributed by atoms with Crippen molar-refractivity contribution < 1.29 is 0 Å². The smallest absolute Gasteiger partial charge is 0.100 e. The summed E-state index contributed by atoms with van der Waals surface area (Å²) in [4.78, 5) is 4.56. The quantitative estimate of drug-likeness (QED) is 0.583. The molecule has 0 radical (unpaired) electrons. The van der Waals surface area contributed by atoms with Gasteiger partial charge in [0.05, 0.1) is 17.1 Å². The van der Waals surface area contributed by atoms with E-state index in [-0.39, 0.29) is 10.8 Å². The van der Waals surface area contributed by atoms with Crippen molar-refractivity contribution in [1.29, 1.82) is 5.26 Å². The first-order valence-electron chi connectivity index (χ1n) is 8.14. The summed E-state index contributed by atoms with van der Waals surface area (Å²) in [5.74, 6) is 0. The predicted molar refractivity (Wildman–Crippen MR) is 99.6 cm³/mol. The van der Waals surface area contributed by atoms with Gasteiger partial charge in [-0.2, -0.15) is 5.26 Å². The first-order valence-corrected chi connectivity index (χ1v) is 8.14. The molecule has 3 nitrogen and oxygen atoms in total. The van der Waals surface area contributed by atoms with Gasteiger partial charge in [-0.05, 0) is 52.7 Å². The van der Waals surface area contributed by atoms with Gasteiger partial charge in [0.2, 0.25) is 0 Å². The molecule has 0 spiro atoms. The molecular weight excluding hydrogens is 294 g/mol. The average Bonchev–Trinajstić information content (AvgIpc) is 2.99. The highest BCUT2D eigenvalue weighted by molar-refractivity contribution is 5.83. The third-order valence-electron chi connectivity index (χ3n) is 4.96. The summed E-state index contributed by atoms with van der Waals surface area (Å²) in [5, 5.41) is 8.81. The van der Waals surface area contributed by atoms with Crippen LogP contribution in [0.5, 0.6) is 0 Å². The first-order chi connectivity index (χ1) is 11.2. The Labute approximate surface area is 143 Å². The van der Waals surface area contributed by atoms with Gasteiger partial charge in [-0.25, -0.2) is 4.98 Å². The molecule has 0 unspecified atom stereocenters. The van der Waals surface area contributed by atoms with Crippen LogP contribution in [0, 0.1) is 11.3 Å². The zero-order valence-corrected chi connectivity index (χ0v) is 14.8. The van der Waals surface area contributed by atoms with E-state index in [0.717, 1.165) is 23.2 Å². The lowest BCUT2D eigenvalue weighted by molar-refractivity contribution is 0.403. The lowest BCUT2D eigenvalue weighted by Gasteiger charge is -2.22. The summed E-state index contributed by atoms with van der Waals surface area (Å²) in [6.45, 7) is 17.0. The van der Waals surface area contributed by atoms with Gasteiger partial charge in [-0.3, -0.25) is 4.57 Å². The molecule has 1 aliphatic rings. The molecule has 24 heavy (non-hydrogen) atoms. The summed E-state index contributed by atoms with van der Waals surface area (Å²) in [5.41, 5.74) is 6.30. The van der Waals surface area contributed by atoms with Crippen LogP contribution in [0.25, 0.3) is 16.7 Å². The van der Waals surface area contributed by atoms with E-state index in [1.54, 1.807) is 18.5 Å². The third kappa shape index (κ3) is 2.49. The molecule has 1 aliphatic carbocycles. The number of hydrogen-bond acceptors (Lipinski definition) is 2. The van der Waals surface area contributed by atoms with Crippen molar-refractivity contribution in [2.75, 3.05) is 0 Å². The van der Waals surface area contributed by atoms with E-state index in [1.165, 1.54) is 11.1 Å². The second-order valence-electron chi connectivity index (χ2n) is 7.91. The highest BCUT2D eigenvalue weighted by Gasteiger charge is 2.42. The Morgan fingerprint density at radius 2 is 1.79 bits per heavy atom. The SMILES string of the molecule is C=C(C#N)/C=C\C(=C)n1cnc2cc3c(cc21)C(C)(C)CC3(C)C. The second-order valence-corrected chi connectivity index (χ2v) is 7.91. The van der Waals surface area contributed by atoms with Crippen molar-refractivity contribution in [3.05, 3.63) is 60.5 Å². The van der Waals surface area contributed by atoms with Crippen LogP contribution in [0.3, 0.4) is 0 Å². The van der Waals surface area contributed by atoms with Gasteiger partial charge in [-0.15, -0.1) is 0 Å². The Balaban J connectivity index is 2.12. The molecule has 0 amide bonds. The summed E-state index contributed by atoms with van der Waals surface area (Å²) in [6.07, 6.45) is 6.40. The monoisotopic (exact) mass is 317 g/mol. The number of nitrogens with zero attached hydrogens (tertiary/aromatic N) is 3. The van der Waals surface area contributed by atoms with Crippen LogP contribution in [0.15, 0.2) is 49.3 Å². The van der Waals surface area contributed by atoms with Crippen LogP contribution in [0.4, 0.5) is 0 Å². The minimum absolute atomic E-state index is 0.147. The Bertz CT molecular complexity index is 930. The zero-order chi connectivity index (χ0) is 17.7. The lowest BCUT2D eigenvalue weighted by atomic mass is 9.82. The maximum absolute atomic E-state index is 8.81. The van der Waals surface area contributed by atoms with E-state index < -0.39 is 0 Å². The standard InChI is InChI=1S/C21H23N3/c1-14(11-22)7-8-15(2)24-13-23-18-9-16-17(10-19(18)24)21(5,6)12-20(16,3)4/h7-10,13H,1-2,12H2,3-6H3/b8-7-. The molecule has 0 atom stereocenters. The number of rotatable bonds is 3. The molecule has 1 heterocycles.